The highest BCUT2D eigenvalue weighted by Crippen LogP contribution is 2.45. The van der Waals surface area contributed by atoms with Crippen LogP contribution in [0.1, 0.15) is 40.7 Å². The maximum Gasteiger partial charge on any atom is 0.326 e. The third-order valence-corrected chi connectivity index (χ3v) is 5.65. The van der Waals surface area contributed by atoms with E-state index in [2.05, 4.69) is 15.9 Å². The largest absolute Gasteiger partial charge is 0.468 e. The van der Waals surface area contributed by atoms with Gasteiger partial charge in [0.05, 0.1) is 7.11 Å². The molecule has 0 spiro atoms. The van der Waals surface area contributed by atoms with Gasteiger partial charge >= 0.3 is 11.9 Å². The molecule has 0 fully saturated rings. The van der Waals surface area contributed by atoms with Crippen molar-refractivity contribution in [3.8, 4) is 5.75 Å². The minimum atomic E-state index is -1.19. The molecule has 0 radical (unpaired) electrons. The molecule has 3 unspecified atom stereocenters. The highest BCUT2D eigenvalue weighted by atomic mass is 79.9. The molecule has 3 atom stereocenters. The van der Waals surface area contributed by atoms with Crippen LogP contribution in [0.15, 0.2) is 46.9 Å². The third kappa shape index (κ3) is 3.74. The molecule has 0 bridgehead atoms. The number of hydrogen-bond donors (Lipinski definition) is 0. The third-order valence-electron chi connectivity index (χ3n) is 5.16. The van der Waals surface area contributed by atoms with Gasteiger partial charge in [-0.15, -0.1) is 0 Å². The quantitative estimate of drug-likeness (QED) is 0.294. The number of hydrogen-bond acceptors (Lipinski definition) is 5. The van der Waals surface area contributed by atoms with Crippen molar-refractivity contribution in [1.29, 1.82) is 0 Å². The smallest absolute Gasteiger partial charge is 0.326 e. The van der Waals surface area contributed by atoms with Crippen molar-refractivity contribution >= 4 is 33.7 Å². The first kappa shape index (κ1) is 20.3. The van der Waals surface area contributed by atoms with Gasteiger partial charge < -0.3 is 9.47 Å². The van der Waals surface area contributed by atoms with Gasteiger partial charge in [-0.3, -0.25) is 14.4 Å². The summed E-state index contributed by atoms with van der Waals surface area (Å²) >= 11 is 3.43. The minimum absolute atomic E-state index is 0.109. The van der Waals surface area contributed by atoms with Crippen molar-refractivity contribution in [2.45, 2.75) is 26.2 Å². The number of benzene rings is 2. The zero-order valence-electron chi connectivity index (χ0n) is 15.9. The number of ether oxygens (including phenoxy) is 2. The molecule has 2 aromatic rings. The first-order valence-electron chi connectivity index (χ1n) is 9.07. The average molecular weight is 445 g/mol. The molecule has 0 aliphatic carbocycles. The molecule has 0 aromatic heterocycles. The number of carbonyl (C=O) groups is 3. The standard InChI is InChI=1S/C22H21BrO5/c1-4-15(20(24)13-7-5-12(2)6-8-13)18-16-11-14(23)9-10-17(16)28-22(26)19(18)21(25)27-3/h5-11,15,18-19H,4H2,1-3H3. The van der Waals surface area contributed by atoms with Crippen molar-refractivity contribution in [3.63, 3.8) is 0 Å². The maximum absolute atomic E-state index is 13.3. The van der Waals surface area contributed by atoms with E-state index in [1.807, 2.05) is 26.0 Å². The van der Waals surface area contributed by atoms with Crippen molar-refractivity contribution in [2.24, 2.45) is 11.8 Å². The Kier molecular flexibility index (Phi) is 5.98. The second-order valence-corrected chi connectivity index (χ2v) is 7.79. The lowest BCUT2D eigenvalue weighted by molar-refractivity contribution is -0.158. The summed E-state index contributed by atoms with van der Waals surface area (Å²) in [6.07, 6.45) is 0.462. The van der Waals surface area contributed by atoms with E-state index in [1.165, 1.54) is 7.11 Å². The van der Waals surface area contributed by atoms with Crippen LogP contribution in [0.25, 0.3) is 0 Å². The number of rotatable bonds is 5. The molecule has 146 valence electrons. The van der Waals surface area contributed by atoms with Gasteiger partial charge in [0.2, 0.25) is 0 Å². The van der Waals surface area contributed by atoms with Crippen molar-refractivity contribution in [3.05, 3.63) is 63.6 Å². The van der Waals surface area contributed by atoms with Crippen LogP contribution < -0.4 is 4.74 Å². The van der Waals surface area contributed by atoms with Crippen LogP contribution in [0.5, 0.6) is 5.75 Å². The number of esters is 2. The molecule has 2 aromatic carbocycles. The van der Waals surface area contributed by atoms with E-state index < -0.39 is 29.7 Å². The molecule has 0 N–H and O–H groups in total. The SMILES string of the molecule is CCC(C(=O)c1ccc(C)cc1)C1c2cc(Br)ccc2OC(=O)C1C(=O)OC. The first-order valence-corrected chi connectivity index (χ1v) is 9.86. The van der Waals surface area contributed by atoms with Crippen molar-refractivity contribution < 1.29 is 23.9 Å². The summed E-state index contributed by atoms with van der Waals surface area (Å²) in [5.41, 5.74) is 2.25. The molecular weight excluding hydrogens is 424 g/mol. The molecule has 5 nitrogen and oxygen atoms in total. The molecular formula is C22H21BrO5. The number of Topliss-reactive ketones (excluding diaryl/α,β-unsaturated/α-hetero) is 1. The van der Waals surface area contributed by atoms with E-state index in [1.54, 1.807) is 30.3 Å². The van der Waals surface area contributed by atoms with E-state index in [-0.39, 0.29) is 5.78 Å². The van der Waals surface area contributed by atoms with Crippen LogP contribution in [0.3, 0.4) is 0 Å². The minimum Gasteiger partial charge on any atom is -0.468 e. The summed E-state index contributed by atoms with van der Waals surface area (Å²) in [5.74, 6) is -3.56. The van der Waals surface area contributed by atoms with Crippen LogP contribution in [0.4, 0.5) is 0 Å². The van der Waals surface area contributed by atoms with Crippen LogP contribution in [-0.2, 0) is 14.3 Å². The van der Waals surface area contributed by atoms with Crippen LogP contribution >= 0.6 is 15.9 Å². The molecule has 0 saturated heterocycles. The number of aryl methyl sites for hydroxylation is 1. The highest BCUT2D eigenvalue weighted by Gasteiger charge is 2.48. The molecule has 1 aliphatic rings. The van der Waals surface area contributed by atoms with Gasteiger partial charge in [-0.1, -0.05) is 52.7 Å². The maximum atomic E-state index is 13.3. The van der Waals surface area contributed by atoms with E-state index in [9.17, 15) is 14.4 Å². The lowest BCUT2D eigenvalue weighted by atomic mass is 9.71. The van der Waals surface area contributed by atoms with E-state index in [0.29, 0.717) is 23.3 Å². The number of ketones is 1. The molecule has 0 amide bonds. The van der Waals surface area contributed by atoms with Gasteiger partial charge in [-0.2, -0.15) is 0 Å². The lowest BCUT2D eigenvalue weighted by Gasteiger charge is -2.34. The van der Waals surface area contributed by atoms with Crippen molar-refractivity contribution in [1.82, 2.24) is 0 Å². The summed E-state index contributed by atoms with van der Waals surface area (Å²) in [6, 6.07) is 12.5. The van der Waals surface area contributed by atoms with Gasteiger partial charge in [-0.05, 0) is 31.5 Å². The van der Waals surface area contributed by atoms with E-state index in [4.69, 9.17) is 9.47 Å². The van der Waals surface area contributed by atoms with Gasteiger partial charge in [0.15, 0.2) is 11.7 Å². The Morgan fingerprint density at radius 2 is 1.86 bits per heavy atom. The topological polar surface area (TPSA) is 69.7 Å². The summed E-state index contributed by atoms with van der Waals surface area (Å²) in [6.45, 7) is 3.83. The Hall–Kier alpha value is -2.47. The van der Waals surface area contributed by atoms with Crippen LogP contribution in [-0.4, -0.2) is 24.8 Å². The second-order valence-electron chi connectivity index (χ2n) is 6.87. The fourth-order valence-electron chi connectivity index (χ4n) is 3.72. The Bertz CT molecular complexity index is 919. The van der Waals surface area contributed by atoms with Crippen LogP contribution in [0, 0.1) is 18.8 Å². The predicted octanol–water partition coefficient (Wildman–Crippen LogP) is 4.46. The Morgan fingerprint density at radius 1 is 1.18 bits per heavy atom. The number of halogens is 1. The van der Waals surface area contributed by atoms with Crippen molar-refractivity contribution in [2.75, 3.05) is 7.11 Å². The summed E-state index contributed by atoms with van der Waals surface area (Å²) in [5, 5.41) is 0. The first-order chi connectivity index (χ1) is 13.4. The van der Waals surface area contributed by atoms with Gasteiger partial charge in [0, 0.05) is 27.4 Å². The summed E-state index contributed by atoms with van der Waals surface area (Å²) in [7, 11) is 1.23. The monoisotopic (exact) mass is 444 g/mol. The Morgan fingerprint density at radius 3 is 2.46 bits per heavy atom. The zero-order chi connectivity index (χ0) is 20.4. The molecule has 28 heavy (non-hydrogen) atoms. The fourth-order valence-corrected chi connectivity index (χ4v) is 4.10. The number of methoxy groups -OCH3 is 1. The predicted molar refractivity (Wildman–Crippen MR) is 107 cm³/mol. The summed E-state index contributed by atoms with van der Waals surface area (Å²) < 4.78 is 11.0. The highest BCUT2D eigenvalue weighted by molar-refractivity contribution is 9.10. The van der Waals surface area contributed by atoms with E-state index >= 15 is 0 Å². The second kappa shape index (κ2) is 8.27. The zero-order valence-corrected chi connectivity index (χ0v) is 17.5. The average Bonchev–Trinajstić information content (AvgIpc) is 2.68. The molecule has 6 heteroatoms. The van der Waals surface area contributed by atoms with Gasteiger partial charge in [0.25, 0.3) is 0 Å². The Balaban J connectivity index is 2.13. The molecule has 1 aliphatic heterocycles. The molecule has 3 rings (SSSR count). The Labute approximate surface area is 172 Å². The fraction of sp³-hybridized carbons (Fsp3) is 0.318. The van der Waals surface area contributed by atoms with Crippen LogP contribution in [0.2, 0.25) is 0 Å². The molecule has 0 saturated carbocycles. The lowest BCUT2D eigenvalue weighted by Crippen LogP contribution is -2.42. The number of carbonyl (C=O) groups excluding carboxylic acids is 3. The summed E-state index contributed by atoms with van der Waals surface area (Å²) in [4.78, 5) is 38.4. The van der Waals surface area contributed by atoms with Gasteiger partial charge in [-0.25, -0.2) is 0 Å². The van der Waals surface area contributed by atoms with E-state index in [0.717, 1.165) is 10.0 Å². The normalized spacial score (nSPS) is 19.4. The van der Waals surface area contributed by atoms with Gasteiger partial charge in [0.1, 0.15) is 5.75 Å². The molecule has 1 heterocycles. The number of fused-ring (bicyclic) bond motifs is 1.